The van der Waals surface area contributed by atoms with Crippen LogP contribution in [0.5, 0.6) is 0 Å². The third-order valence-electron chi connectivity index (χ3n) is 3.98. The van der Waals surface area contributed by atoms with Gasteiger partial charge in [-0.15, -0.1) is 34.2 Å². The molecule has 0 fully saturated rings. The Bertz CT molecular complexity index is 716. The van der Waals surface area contributed by atoms with Crippen LogP contribution in [0.3, 0.4) is 0 Å². The van der Waals surface area contributed by atoms with Crippen molar-refractivity contribution in [3.8, 4) is 0 Å². The Morgan fingerprint density at radius 1 is 1.33 bits per heavy atom. The third kappa shape index (κ3) is 7.65. The number of guanidine groups is 1. The van der Waals surface area contributed by atoms with Crippen molar-refractivity contribution in [3.63, 3.8) is 0 Å². The van der Waals surface area contributed by atoms with Gasteiger partial charge in [0.1, 0.15) is 12.2 Å². The van der Waals surface area contributed by atoms with Crippen molar-refractivity contribution >= 4 is 41.5 Å². The minimum Gasteiger partial charge on any atom is -0.354 e. The van der Waals surface area contributed by atoms with Crippen LogP contribution >= 0.6 is 35.6 Å². The van der Waals surface area contributed by atoms with E-state index in [-0.39, 0.29) is 24.0 Å². The molecule has 0 spiro atoms. The van der Waals surface area contributed by atoms with E-state index < -0.39 is 0 Å². The summed E-state index contributed by atoms with van der Waals surface area (Å²) in [6.07, 6.45) is 2.65. The van der Waals surface area contributed by atoms with Gasteiger partial charge in [0.2, 0.25) is 0 Å². The molecular formula is C19H30ClIN6. The molecule has 0 saturated heterocycles. The van der Waals surface area contributed by atoms with Gasteiger partial charge in [-0.25, -0.2) is 0 Å². The first-order valence-corrected chi connectivity index (χ1v) is 9.48. The highest BCUT2D eigenvalue weighted by atomic mass is 127. The molecule has 0 amide bonds. The fraction of sp³-hybridized carbons (Fsp3) is 0.526. The maximum Gasteiger partial charge on any atom is 0.194 e. The molecule has 1 aromatic heterocycles. The van der Waals surface area contributed by atoms with E-state index in [1.165, 1.54) is 0 Å². The minimum absolute atomic E-state index is 0. The zero-order chi connectivity index (χ0) is 18.9. The number of nitrogens with one attached hydrogen (secondary N) is 1. The first-order chi connectivity index (χ1) is 12.5. The monoisotopic (exact) mass is 504 g/mol. The lowest BCUT2D eigenvalue weighted by Crippen LogP contribution is -2.40. The molecule has 0 aliphatic carbocycles. The van der Waals surface area contributed by atoms with Crippen LogP contribution in [0, 0.1) is 5.92 Å². The van der Waals surface area contributed by atoms with E-state index in [1.54, 1.807) is 6.33 Å². The van der Waals surface area contributed by atoms with Gasteiger partial charge in [-0.05, 0) is 17.5 Å². The molecule has 1 heterocycles. The molecule has 2 rings (SSSR count). The zero-order valence-corrected chi connectivity index (χ0v) is 19.6. The fourth-order valence-electron chi connectivity index (χ4n) is 2.57. The predicted octanol–water partition coefficient (Wildman–Crippen LogP) is 3.85. The molecule has 0 saturated carbocycles. The lowest BCUT2D eigenvalue weighted by atomic mass is 10.2. The first-order valence-electron chi connectivity index (χ1n) is 9.10. The van der Waals surface area contributed by atoms with Crippen LogP contribution in [0.25, 0.3) is 0 Å². The quantitative estimate of drug-likeness (QED) is 0.337. The van der Waals surface area contributed by atoms with Crippen LogP contribution in [-0.4, -0.2) is 45.8 Å². The third-order valence-corrected chi connectivity index (χ3v) is 4.35. The molecule has 150 valence electrons. The van der Waals surface area contributed by atoms with E-state index in [1.807, 2.05) is 31.3 Å². The predicted molar refractivity (Wildman–Crippen MR) is 123 cm³/mol. The lowest BCUT2D eigenvalue weighted by molar-refractivity contribution is 0.467. The number of aromatic nitrogens is 3. The summed E-state index contributed by atoms with van der Waals surface area (Å²) in [5, 5.41) is 12.3. The summed E-state index contributed by atoms with van der Waals surface area (Å²) in [5.74, 6) is 2.38. The Labute approximate surface area is 184 Å². The largest absolute Gasteiger partial charge is 0.354 e. The second kappa shape index (κ2) is 12.2. The van der Waals surface area contributed by atoms with Crippen molar-refractivity contribution in [2.45, 2.75) is 40.3 Å². The second-order valence-corrected chi connectivity index (χ2v) is 7.13. The fourth-order valence-corrected chi connectivity index (χ4v) is 2.76. The molecule has 0 bridgehead atoms. The number of hydrogen-bond donors (Lipinski definition) is 1. The summed E-state index contributed by atoms with van der Waals surface area (Å²) in [7, 11) is 2.03. The normalized spacial score (nSPS) is 11.4. The average Bonchev–Trinajstić information content (AvgIpc) is 3.07. The van der Waals surface area contributed by atoms with Crippen LogP contribution < -0.4 is 5.32 Å². The molecular weight excluding hydrogens is 475 g/mol. The van der Waals surface area contributed by atoms with Gasteiger partial charge >= 0.3 is 0 Å². The zero-order valence-electron chi connectivity index (χ0n) is 16.5. The molecule has 0 atom stereocenters. The van der Waals surface area contributed by atoms with Gasteiger partial charge in [0.25, 0.3) is 0 Å². The topological polar surface area (TPSA) is 58.3 Å². The molecule has 8 heteroatoms. The molecule has 27 heavy (non-hydrogen) atoms. The molecule has 2 aromatic rings. The highest BCUT2D eigenvalue weighted by Crippen LogP contribution is 2.16. The lowest BCUT2D eigenvalue weighted by Gasteiger charge is -2.23. The van der Waals surface area contributed by atoms with Crippen LogP contribution in [0.4, 0.5) is 0 Å². The Kier molecular flexibility index (Phi) is 10.7. The molecule has 0 aliphatic rings. The number of rotatable bonds is 8. The van der Waals surface area contributed by atoms with Crippen molar-refractivity contribution in [2.75, 3.05) is 20.1 Å². The van der Waals surface area contributed by atoms with E-state index in [9.17, 15) is 0 Å². The highest BCUT2D eigenvalue weighted by Gasteiger charge is 2.10. The van der Waals surface area contributed by atoms with Gasteiger partial charge in [0.15, 0.2) is 5.96 Å². The number of halogens is 2. The number of aliphatic imine (C=N–C) groups is 1. The van der Waals surface area contributed by atoms with Gasteiger partial charge in [-0.1, -0.05) is 50.6 Å². The summed E-state index contributed by atoms with van der Waals surface area (Å²) < 4.78 is 2.07. The number of benzene rings is 1. The van der Waals surface area contributed by atoms with Crippen LogP contribution in [0.2, 0.25) is 5.02 Å². The SMILES string of the molecule is CCc1nncn1CCNC(=NCC(C)C)N(C)Cc1ccccc1Cl.I. The van der Waals surface area contributed by atoms with Gasteiger partial charge < -0.3 is 14.8 Å². The van der Waals surface area contributed by atoms with Crippen molar-refractivity contribution in [3.05, 3.63) is 47.0 Å². The molecule has 0 radical (unpaired) electrons. The molecule has 6 nitrogen and oxygen atoms in total. The number of aryl methyl sites for hydroxylation is 1. The first kappa shape index (κ1) is 23.7. The summed E-state index contributed by atoms with van der Waals surface area (Å²) in [6.45, 7) is 9.46. The molecule has 1 N–H and O–H groups in total. The highest BCUT2D eigenvalue weighted by molar-refractivity contribution is 14.0. The van der Waals surface area contributed by atoms with Crippen molar-refractivity contribution < 1.29 is 0 Å². The maximum atomic E-state index is 6.30. The standard InChI is InChI=1S/C19H29ClN6.HI/c1-5-18-24-23-14-26(18)11-10-21-19(22-12-15(2)3)25(4)13-16-8-6-7-9-17(16)20;/h6-9,14-15H,5,10-13H2,1-4H3,(H,21,22);1H. The summed E-state index contributed by atoms with van der Waals surface area (Å²) in [5.41, 5.74) is 1.09. The number of nitrogens with zero attached hydrogens (tertiary/aromatic N) is 5. The van der Waals surface area contributed by atoms with Crippen LogP contribution in [0.15, 0.2) is 35.6 Å². The smallest absolute Gasteiger partial charge is 0.194 e. The minimum atomic E-state index is 0. The van der Waals surface area contributed by atoms with Gasteiger partial charge in [0, 0.05) is 44.7 Å². The summed E-state index contributed by atoms with van der Waals surface area (Å²) >= 11 is 6.30. The van der Waals surface area contributed by atoms with Gasteiger partial charge in [-0.2, -0.15) is 0 Å². The van der Waals surface area contributed by atoms with E-state index in [2.05, 4.69) is 45.8 Å². The number of hydrogen-bond acceptors (Lipinski definition) is 3. The van der Waals surface area contributed by atoms with Crippen molar-refractivity contribution in [1.82, 2.24) is 25.0 Å². The van der Waals surface area contributed by atoms with Crippen molar-refractivity contribution in [1.29, 1.82) is 0 Å². The van der Waals surface area contributed by atoms with Crippen LogP contribution in [0.1, 0.15) is 32.2 Å². The molecule has 0 aliphatic heterocycles. The Morgan fingerprint density at radius 3 is 2.74 bits per heavy atom. The Morgan fingerprint density at radius 2 is 2.07 bits per heavy atom. The second-order valence-electron chi connectivity index (χ2n) is 6.73. The Balaban J connectivity index is 0.00000364. The summed E-state index contributed by atoms with van der Waals surface area (Å²) in [4.78, 5) is 6.87. The van der Waals surface area contributed by atoms with Gasteiger partial charge in [0.05, 0.1) is 0 Å². The average molecular weight is 505 g/mol. The van der Waals surface area contributed by atoms with Gasteiger partial charge in [-0.3, -0.25) is 4.99 Å². The van der Waals surface area contributed by atoms with E-state index in [0.29, 0.717) is 12.5 Å². The molecule has 0 unspecified atom stereocenters. The van der Waals surface area contributed by atoms with E-state index in [0.717, 1.165) is 48.4 Å². The van der Waals surface area contributed by atoms with Crippen molar-refractivity contribution in [2.24, 2.45) is 10.9 Å². The molecule has 1 aromatic carbocycles. The van der Waals surface area contributed by atoms with Crippen LogP contribution in [-0.2, 0) is 19.5 Å². The van der Waals surface area contributed by atoms with E-state index >= 15 is 0 Å². The summed E-state index contributed by atoms with van der Waals surface area (Å²) in [6, 6.07) is 7.92. The Hall–Kier alpha value is -1.35. The van der Waals surface area contributed by atoms with E-state index in [4.69, 9.17) is 16.6 Å². The maximum absolute atomic E-state index is 6.30.